The van der Waals surface area contributed by atoms with Gasteiger partial charge in [0, 0.05) is 12.6 Å². The first-order valence-corrected chi connectivity index (χ1v) is 6.05. The summed E-state index contributed by atoms with van der Waals surface area (Å²) in [5.74, 6) is -0.187. The van der Waals surface area contributed by atoms with Crippen molar-refractivity contribution >= 4 is 0 Å². The van der Waals surface area contributed by atoms with Crippen LogP contribution in [0.5, 0.6) is 0 Å². The third-order valence-electron chi connectivity index (χ3n) is 3.02. The van der Waals surface area contributed by atoms with Gasteiger partial charge in [0.1, 0.15) is 11.9 Å². The van der Waals surface area contributed by atoms with E-state index in [1.54, 1.807) is 18.4 Å². The molecule has 3 heteroatoms. The minimum Gasteiger partial charge on any atom is -0.497 e. The van der Waals surface area contributed by atoms with E-state index in [-0.39, 0.29) is 18.0 Å². The molecule has 1 aliphatic rings. The van der Waals surface area contributed by atoms with E-state index in [1.165, 1.54) is 6.07 Å². The van der Waals surface area contributed by atoms with E-state index in [2.05, 4.69) is 5.32 Å². The lowest BCUT2D eigenvalue weighted by Gasteiger charge is -2.22. The fourth-order valence-corrected chi connectivity index (χ4v) is 1.94. The summed E-state index contributed by atoms with van der Waals surface area (Å²) in [5, 5.41) is 3.37. The van der Waals surface area contributed by atoms with Crippen LogP contribution in [-0.2, 0) is 4.74 Å². The Bertz CT molecular complexity index is 392. The van der Waals surface area contributed by atoms with Gasteiger partial charge >= 0.3 is 0 Å². The van der Waals surface area contributed by atoms with Gasteiger partial charge in [0.15, 0.2) is 0 Å². The summed E-state index contributed by atoms with van der Waals surface area (Å²) in [6.45, 7) is 2.83. The van der Waals surface area contributed by atoms with E-state index in [9.17, 15) is 4.39 Å². The fraction of sp³-hybridized carbons (Fsp3) is 0.429. The second kappa shape index (κ2) is 5.82. The molecule has 0 bridgehead atoms. The van der Waals surface area contributed by atoms with Gasteiger partial charge in [-0.1, -0.05) is 12.1 Å². The van der Waals surface area contributed by atoms with Crippen molar-refractivity contribution in [3.8, 4) is 0 Å². The van der Waals surface area contributed by atoms with Gasteiger partial charge in [-0.3, -0.25) is 0 Å². The molecule has 1 heterocycles. The molecule has 1 aromatic rings. The van der Waals surface area contributed by atoms with Gasteiger partial charge in [0.2, 0.25) is 0 Å². The summed E-state index contributed by atoms with van der Waals surface area (Å²) < 4.78 is 18.5. The van der Waals surface area contributed by atoms with E-state index in [4.69, 9.17) is 4.74 Å². The van der Waals surface area contributed by atoms with Crippen LogP contribution >= 0.6 is 0 Å². The average Bonchev–Trinajstić information content (AvgIpc) is 2.37. The van der Waals surface area contributed by atoms with Crippen LogP contribution in [-0.4, -0.2) is 12.6 Å². The zero-order valence-corrected chi connectivity index (χ0v) is 10.0. The van der Waals surface area contributed by atoms with Crippen LogP contribution in [0.2, 0.25) is 0 Å². The number of benzene rings is 1. The normalized spacial score (nSPS) is 20.9. The smallest absolute Gasteiger partial charge is 0.123 e. The van der Waals surface area contributed by atoms with Gasteiger partial charge < -0.3 is 10.1 Å². The van der Waals surface area contributed by atoms with Crippen molar-refractivity contribution in [3.63, 3.8) is 0 Å². The minimum absolute atomic E-state index is 0.139. The van der Waals surface area contributed by atoms with Crippen LogP contribution in [0.1, 0.15) is 31.4 Å². The molecule has 2 nitrogen and oxygen atoms in total. The Morgan fingerprint density at radius 3 is 3.12 bits per heavy atom. The molecule has 2 rings (SSSR count). The first-order valence-electron chi connectivity index (χ1n) is 6.05. The van der Waals surface area contributed by atoms with Crippen molar-refractivity contribution in [1.29, 1.82) is 0 Å². The number of allylic oxidation sites excluding steroid dienone is 1. The number of hydrogen-bond acceptors (Lipinski definition) is 2. The zero-order chi connectivity index (χ0) is 12.1. The highest BCUT2D eigenvalue weighted by Gasteiger charge is 2.13. The predicted molar refractivity (Wildman–Crippen MR) is 66.1 cm³/mol. The second-order valence-electron chi connectivity index (χ2n) is 4.39. The van der Waals surface area contributed by atoms with E-state index in [0.717, 1.165) is 24.9 Å². The monoisotopic (exact) mass is 235 g/mol. The molecule has 0 radical (unpaired) electrons. The molecule has 0 saturated carbocycles. The summed E-state index contributed by atoms with van der Waals surface area (Å²) >= 11 is 0. The topological polar surface area (TPSA) is 21.3 Å². The fourth-order valence-electron chi connectivity index (χ4n) is 1.94. The molecular formula is C14H18FNO. The number of halogens is 1. The van der Waals surface area contributed by atoms with E-state index in [0.29, 0.717) is 0 Å². The van der Waals surface area contributed by atoms with Crippen LogP contribution in [0.4, 0.5) is 4.39 Å². The first-order chi connectivity index (χ1) is 8.25. The van der Waals surface area contributed by atoms with Crippen molar-refractivity contribution in [3.05, 3.63) is 48.0 Å². The molecule has 92 valence electrons. The molecule has 0 aliphatic carbocycles. The Labute approximate surface area is 101 Å². The van der Waals surface area contributed by atoms with Gasteiger partial charge in [-0.15, -0.1) is 0 Å². The molecule has 0 aromatic heterocycles. The summed E-state index contributed by atoms with van der Waals surface area (Å²) in [7, 11) is 0. The summed E-state index contributed by atoms with van der Waals surface area (Å²) in [6, 6.07) is 6.84. The van der Waals surface area contributed by atoms with Crippen LogP contribution in [0.15, 0.2) is 36.6 Å². The largest absolute Gasteiger partial charge is 0.497 e. The lowest BCUT2D eigenvalue weighted by atomic mass is 10.1. The highest BCUT2D eigenvalue weighted by Crippen LogP contribution is 2.15. The molecule has 1 aliphatic heterocycles. The summed E-state index contributed by atoms with van der Waals surface area (Å²) in [5.41, 5.74) is 0.969. The number of rotatable bonds is 4. The Morgan fingerprint density at radius 1 is 1.53 bits per heavy atom. The summed E-state index contributed by atoms with van der Waals surface area (Å²) in [4.78, 5) is 0. The van der Waals surface area contributed by atoms with Gasteiger partial charge in [0.25, 0.3) is 0 Å². The van der Waals surface area contributed by atoms with E-state index in [1.807, 2.05) is 19.1 Å². The standard InChI is InChI=1S/C14H18FNO/c1-11(12-5-4-6-13(15)9-12)16-10-14-7-2-3-8-17-14/h3-6,8-9,11,14,16H,2,7,10H2,1H3/t11-,14?/m0/s1. The Balaban J connectivity index is 1.84. The van der Waals surface area contributed by atoms with Crippen molar-refractivity contribution in [2.75, 3.05) is 6.54 Å². The second-order valence-corrected chi connectivity index (χ2v) is 4.39. The quantitative estimate of drug-likeness (QED) is 0.865. The van der Waals surface area contributed by atoms with Crippen LogP contribution in [0, 0.1) is 5.82 Å². The number of hydrogen-bond donors (Lipinski definition) is 1. The number of nitrogens with one attached hydrogen (secondary N) is 1. The maximum absolute atomic E-state index is 13.1. The van der Waals surface area contributed by atoms with E-state index >= 15 is 0 Å². The van der Waals surface area contributed by atoms with Gasteiger partial charge in [-0.2, -0.15) is 0 Å². The lowest BCUT2D eigenvalue weighted by molar-refractivity contribution is 0.120. The SMILES string of the molecule is C[C@H](NCC1CCC=CO1)c1cccc(F)c1. The predicted octanol–water partition coefficient (Wildman–Crippen LogP) is 3.17. The molecule has 1 unspecified atom stereocenters. The zero-order valence-electron chi connectivity index (χ0n) is 10.0. The molecular weight excluding hydrogens is 217 g/mol. The van der Waals surface area contributed by atoms with Gasteiger partial charge in [-0.25, -0.2) is 4.39 Å². The number of ether oxygens (including phenoxy) is 1. The van der Waals surface area contributed by atoms with Crippen molar-refractivity contribution in [2.45, 2.75) is 31.9 Å². The summed E-state index contributed by atoms with van der Waals surface area (Å²) in [6.07, 6.45) is 6.14. The molecule has 0 saturated heterocycles. The molecule has 2 atom stereocenters. The van der Waals surface area contributed by atoms with Crippen LogP contribution < -0.4 is 5.32 Å². The van der Waals surface area contributed by atoms with Gasteiger partial charge in [-0.05, 0) is 43.5 Å². The maximum Gasteiger partial charge on any atom is 0.123 e. The van der Waals surface area contributed by atoms with E-state index < -0.39 is 0 Å². The first kappa shape index (κ1) is 12.1. The molecule has 0 amide bonds. The molecule has 0 spiro atoms. The Hall–Kier alpha value is -1.35. The van der Waals surface area contributed by atoms with Crippen molar-refractivity contribution in [2.24, 2.45) is 0 Å². The van der Waals surface area contributed by atoms with Crippen molar-refractivity contribution in [1.82, 2.24) is 5.32 Å². The molecule has 0 fully saturated rings. The third kappa shape index (κ3) is 3.56. The highest BCUT2D eigenvalue weighted by atomic mass is 19.1. The Kier molecular flexibility index (Phi) is 4.15. The van der Waals surface area contributed by atoms with Crippen LogP contribution in [0.25, 0.3) is 0 Å². The van der Waals surface area contributed by atoms with Crippen molar-refractivity contribution < 1.29 is 9.13 Å². The lowest BCUT2D eigenvalue weighted by Crippen LogP contribution is -2.31. The molecule has 17 heavy (non-hydrogen) atoms. The van der Waals surface area contributed by atoms with Gasteiger partial charge in [0.05, 0.1) is 6.26 Å². The minimum atomic E-state index is -0.187. The third-order valence-corrected chi connectivity index (χ3v) is 3.02. The van der Waals surface area contributed by atoms with Crippen LogP contribution in [0.3, 0.4) is 0 Å². The Morgan fingerprint density at radius 2 is 2.41 bits per heavy atom. The maximum atomic E-state index is 13.1. The highest BCUT2D eigenvalue weighted by molar-refractivity contribution is 5.19. The molecule has 1 aromatic carbocycles. The molecule has 1 N–H and O–H groups in total. The average molecular weight is 235 g/mol.